The molecule has 2 aliphatic heterocycles. The van der Waals surface area contributed by atoms with E-state index in [4.69, 9.17) is 0 Å². The largest absolute Gasteiger partial charge is 0.389 e. The third kappa shape index (κ3) is 2.66. The molecule has 0 aromatic heterocycles. The number of rotatable bonds is 2. The van der Waals surface area contributed by atoms with Crippen LogP contribution >= 0.6 is 22.6 Å². The molecule has 3 rings (SSSR count). The number of piperidine rings is 1. The standard InChI is InChI=1S/C14H18INO/c15-11-3-1-10(2-4-11)7-14(17)8-12-5-6-13(9-14)16-12/h1-4,12-13,16-17H,5-9H2. The van der Waals surface area contributed by atoms with Gasteiger partial charge in [0.25, 0.3) is 0 Å². The van der Waals surface area contributed by atoms with Gasteiger partial charge in [0.15, 0.2) is 0 Å². The number of nitrogens with one attached hydrogen (secondary N) is 1. The zero-order valence-corrected chi connectivity index (χ0v) is 12.0. The van der Waals surface area contributed by atoms with Gasteiger partial charge >= 0.3 is 0 Å². The monoisotopic (exact) mass is 343 g/mol. The van der Waals surface area contributed by atoms with Gasteiger partial charge in [0, 0.05) is 22.1 Å². The third-order valence-electron chi connectivity index (χ3n) is 4.03. The summed E-state index contributed by atoms with van der Waals surface area (Å²) in [5, 5.41) is 14.3. The number of hydrogen-bond acceptors (Lipinski definition) is 2. The predicted molar refractivity (Wildman–Crippen MR) is 77.0 cm³/mol. The van der Waals surface area contributed by atoms with E-state index in [2.05, 4.69) is 52.2 Å². The topological polar surface area (TPSA) is 32.3 Å². The SMILES string of the molecule is OC1(Cc2ccc(I)cc2)CC2CCC(C1)N2. The summed E-state index contributed by atoms with van der Waals surface area (Å²) >= 11 is 2.31. The highest BCUT2D eigenvalue weighted by molar-refractivity contribution is 14.1. The molecule has 92 valence electrons. The van der Waals surface area contributed by atoms with Crippen LogP contribution in [0.25, 0.3) is 0 Å². The molecule has 2 unspecified atom stereocenters. The molecular weight excluding hydrogens is 325 g/mol. The maximum Gasteiger partial charge on any atom is 0.0717 e. The van der Waals surface area contributed by atoms with Crippen LogP contribution in [-0.2, 0) is 6.42 Å². The van der Waals surface area contributed by atoms with Gasteiger partial charge in [-0.15, -0.1) is 0 Å². The molecule has 0 saturated carbocycles. The molecule has 2 bridgehead atoms. The normalized spacial score (nSPS) is 36.1. The molecule has 2 aliphatic rings. The van der Waals surface area contributed by atoms with Gasteiger partial charge in [-0.3, -0.25) is 0 Å². The Hall–Kier alpha value is -0.130. The fraction of sp³-hybridized carbons (Fsp3) is 0.571. The summed E-state index contributed by atoms with van der Waals surface area (Å²) in [5.74, 6) is 0. The lowest BCUT2D eigenvalue weighted by atomic mass is 9.82. The Labute approximate surface area is 116 Å². The lowest BCUT2D eigenvalue weighted by molar-refractivity contribution is -0.00608. The minimum atomic E-state index is -0.482. The van der Waals surface area contributed by atoms with Crippen molar-refractivity contribution in [2.45, 2.75) is 49.8 Å². The van der Waals surface area contributed by atoms with E-state index in [9.17, 15) is 5.11 Å². The van der Waals surface area contributed by atoms with Crippen LogP contribution in [0.4, 0.5) is 0 Å². The molecule has 2 fully saturated rings. The molecule has 2 atom stereocenters. The van der Waals surface area contributed by atoms with E-state index in [1.54, 1.807) is 0 Å². The Bertz CT molecular complexity index is 391. The van der Waals surface area contributed by atoms with Crippen molar-refractivity contribution in [2.24, 2.45) is 0 Å². The van der Waals surface area contributed by atoms with Crippen LogP contribution in [0.15, 0.2) is 24.3 Å². The second-order valence-electron chi connectivity index (χ2n) is 5.57. The summed E-state index contributed by atoms with van der Waals surface area (Å²) in [4.78, 5) is 0. The first-order chi connectivity index (χ1) is 8.13. The van der Waals surface area contributed by atoms with Gasteiger partial charge < -0.3 is 10.4 Å². The van der Waals surface area contributed by atoms with E-state index in [0.717, 1.165) is 19.3 Å². The van der Waals surface area contributed by atoms with Crippen molar-refractivity contribution in [2.75, 3.05) is 0 Å². The van der Waals surface area contributed by atoms with Crippen molar-refractivity contribution in [3.05, 3.63) is 33.4 Å². The van der Waals surface area contributed by atoms with Crippen LogP contribution in [0.5, 0.6) is 0 Å². The molecule has 2 saturated heterocycles. The summed E-state index contributed by atoms with van der Waals surface area (Å²) in [6.45, 7) is 0. The maximum atomic E-state index is 10.7. The van der Waals surface area contributed by atoms with Gasteiger partial charge in [-0.25, -0.2) is 0 Å². The van der Waals surface area contributed by atoms with Gasteiger partial charge in [-0.05, 0) is 66.0 Å². The Balaban J connectivity index is 1.73. The van der Waals surface area contributed by atoms with Gasteiger partial charge in [-0.2, -0.15) is 0 Å². The molecule has 0 radical (unpaired) electrons. The van der Waals surface area contributed by atoms with Gasteiger partial charge in [0.05, 0.1) is 5.60 Å². The minimum Gasteiger partial charge on any atom is -0.389 e. The molecule has 2 heterocycles. The van der Waals surface area contributed by atoms with Crippen LogP contribution < -0.4 is 5.32 Å². The molecule has 0 amide bonds. The molecule has 1 aromatic carbocycles. The summed E-state index contributed by atoms with van der Waals surface area (Å²) in [6.07, 6.45) is 5.10. The molecule has 3 heteroatoms. The van der Waals surface area contributed by atoms with Crippen molar-refractivity contribution in [1.29, 1.82) is 0 Å². The van der Waals surface area contributed by atoms with Crippen molar-refractivity contribution in [3.63, 3.8) is 0 Å². The van der Waals surface area contributed by atoms with E-state index in [1.807, 2.05) is 0 Å². The highest BCUT2D eigenvalue weighted by Gasteiger charge is 2.42. The number of benzene rings is 1. The summed E-state index contributed by atoms with van der Waals surface area (Å²) in [7, 11) is 0. The number of hydrogen-bond donors (Lipinski definition) is 2. The molecule has 0 aliphatic carbocycles. The van der Waals surface area contributed by atoms with E-state index in [0.29, 0.717) is 12.1 Å². The van der Waals surface area contributed by atoms with Gasteiger partial charge in [0.2, 0.25) is 0 Å². The lowest BCUT2D eigenvalue weighted by Crippen LogP contribution is -2.49. The highest BCUT2D eigenvalue weighted by Crippen LogP contribution is 2.36. The summed E-state index contributed by atoms with van der Waals surface area (Å²) in [5.41, 5.74) is 0.776. The van der Waals surface area contributed by atoms with Crippen LogP contribution in [-0.4, -0.2) is 22.8 Å². The van der Waals surface area contributed by atoms with Gasteiger partial charge in [0.1, 0.15) is 0 Å². The van der Waals surface area contributed by atoms with E-state index < -0.39 is 5.60 Å². The van der Waals surface area contributed by atoms with Crippen LogP contribution in [0, 0.1) is 3.57 Å². The smallest absolute Gasteiger partial charge is 0.0717 e. The van der Waals surface area contributed by atoms with Gasteiger partial charge in [-0.1, -0.05) is 12.1 Å². The molecular formula is C14H18INO. The maximum absolute atomic E-state index is 10.7. The summed E-state index contributed by atoms with van der Waals surface area (Å²) < 4.78 is 1.25. The number of halogens is 1. The predicted octanol–water partition coefficient (Wildman–Crippen LogP) is 2.48. The van der Waals surface area contributed by atoms with Crippen molar-refractivity contribution < 1.29 is 5.11 Å². The van der Waals surface area contributed by atoms with Crippen molar-refractivity contribution >= 4 is 22.6 Å². The molecule has 17 heavy (non-hydrogen) atoms. The average molecular weight is 343 g/mol. The first-order valence-electron chi connectivity index (χ1n) is 6.36. The first kappa shape index (κ1) is 11.9. The van der Waals surface area contributed by atoms with E-state index in [1.165, 1.54) is 22.0 Å². The Morgan fingerprint density at radius 3 is 2.35 bits per heavy atom. The van der Waals surface area contributed by atoms with E-state index >= 15 is 0 Å². The minimum absolute atomic E-state index is 0.482. The van der Waals surface area contributed by atoms with Crippen molar-refractivity contribution in [1.82, 2.24) is 5.32 Å². The second kappa shape index (κ2) is 4.52. The average Bonchev–Trinajstić information content (AvgIpc) is 2.62. The summed E-state index contributed by atoms with van der Waals surface area (Å²) in [6, 6.07) is 9.61. The Morgan fingerprint density at radius 2 is 1.76 bits per heavy atom. The third-order valence-corrected chi connectivity index (χ3v) is 4.75. The Kier molecular flexibility index (Phi) is 3.17. The molecule has 0 spiro atoms. The molecule has 2 nitrogen and oxygen atoms in total. The fourth-order valence-electron chi connectivity index (χ4n) is 3.35. The number of aliphatic hydroxyl groups is 1. The Morgan fingerprint density at radius 1 is 1.18 bits per heavy atom. The van der Waals surface area contributed by atoms with E-state index in [-0.39, 0.29) is 0 Å². The zero-order chi connectivity index (χ0) is 11.9. The molecule has 1 aromatic rings. The van der Waals surface area contributed by atoms with Crippen LogP contribution in [0.1, 0.15) is 31.2 Å². The first-order valence-corrected chi connectivity index (χ1v) is 7.44. The quantitative estimate of drug-likeness (QED) is 0.809. The second-order valence-corrected chi connectivity index (χ2v) is 6.82. The fourth-order valence-corrected chi connectivity index (χ4v) is 3.71. The highest BCUT2D eigenvalue weighted by atomic mass is 127. The number of fused-ring (bicyclic) bond motifs is 2. The van der Waals surface area contributed by atoms with Crippen LogP contribution in [0.2, 0.25) is 0 Å². The lowest BCUT2D eigenvalue weighted by Gasteiger charge is -2.37. The molecule has 2 N–H and O–H groups in total. The van der Waals surface area contributed by atoms with Crippen LogP contribution in [0.3, 0.4) is 0 Å². The zero-order valence-electron chi connectivity index (χ0n) is 9.82. The van der Waals surface area contributed by atoms with Crippen molar-refractivity contribution in [3.8, 4) is 0 Å².